The number of nitrogens with one attached hydrogen (secondary N) is 1. The number of hydrogen-bond acceptors (Lipinski definition) is 6. The van der Waals surface area contributed by atoms with E-state index in [0.29, 0.717) is 12.4 Å². The first-order valence-corrected chi connectivity index (χ1v) is 8.59. The zero-order valence-corrected chi connectivity index (χ0v) is 14.3. The number of anilines is 2. The molecule has 2 aromatic rings. The normalized spacial score (nSPS) is 17.4. The summed E-state index contributed by atoms with van der Waals surface area (Å²) in [7, 11) is 0. The smallest absolute Gasteiger partial charge is 0.387 e. The van der Waals surface area contributed by atoms with Crippen LogP contribution in [0.1, 0.15) is 18.4 Å². The molecule has 1 aromatic carbocycles. The topological polar surface area (TPSA) is 70.5 Å². The summed E-state index contributed by atoms with van der Waals surface area (Å²) in [6.45, 7) is -0.547. The molecular weight excluding hydrogens is 342 g/mol. The van der Waals surface area contributed by atoms with Crippen molar-refractivity contribution in [3.05, 3.63) is 42.2 Å². The average molecular weight is 364 g/mol. The van der Waals surface area contributed by atoms with Crippen molar-refractivity contribution < 1.29 is 18.6 Å². The first-order chi connectivity index (χ1) is 12.6. The molecule has 0 amide bonds. The highest BCUT2D eigenvalue weighted by Crippen LogP contribution is 2.23. The SMILES string of the molecule is OCC1CCCN(c2cc(NCc3cccc(OC(F)F)c3)ncn2)C1. The second kappa shape index (κ2) is 8.75. The van der Waals surface area contributed by atoms with Crippen LogP contribution in [0.15, 0.2) is 36.7 Å². The molecule has 1 aliphatic rings. The highest BCUT2D eigenvalue weighted by atomic mass is 19.3. The molecule has 8 heteroatoms. The number of rotatable bonds is 7. The predicted molar refractivity (Wildman–Crippen MR) is 94.5 cm³/mol. The van der Waals surface area contributed by atoms with E-state index in [1.54, 1.807) is 12.1 Å². The fourth-order valence-corrected chi connectivity index (χ4v) is 3.06. The lowest BCUT2D eigenvalue weighted by Gasteiger charge is -2.32. The molecule has 3 rings (SSSR count). The number of ether oxygens (including phenoxy) is 1. The van der Waals surface area contributed by atoms with Crippen LogP contribution in [0.2, 0.25) is 0 Å². The molecule has 1 aliphatic heterocycles. The third-order valence-corrected chi connectivity index (χ3v) is 4.35. The molecule has 1 atom stereocenters. The maximum Gasteiger partial charge on any atom is 0.387 e. The number of aromatic nitrogens is 2. The molecular formula is C18H22F2N4O2. The Kier molecular flexibility index (Phi) is 6.17. The zero-order chi connectivity index (χ0) is 18.4. The lowest BCUT2D eigenvalue weighted by molar-refractivity contribution is -0.0498. The number of halogens is 2. The fourth-order valence-electron chi connectivity index (χ4n) is 3.06. The Morgan fingerprint density at radius 3 is 3.00 bits per heavy atom. The van der Waals surface area contributed by atoms with E-state index >= 15 is 0 Å². The molecule has 2 N–H and O–H groups in total. The zero-order valence-electron chi connectivity index (χ0n) is 14.3. The predicted octanol–water partition coefficient (Wildman–Crippen LogP) is 2.90. The van der Waals surface area contributed by atoms with Crippen molar-refractivity contribution in [3.8, 4) is 5.75 Å². The lowest BCUT2D eigenvalue weighted by Crippen LogP contribution is -2.37. The summed E-state index contributed by atoms with van der Waals surface area (Å²) in [6, 6.07) is 8.41. The van der Waals surface area contributed by atoms with E-state index in [1.807, 2.05) is 12.1 Å². The van der Waals surface area contributed by atoms with Crippen LogP contribution in [0.25, 0.3) is 0 Å². The van der Waals surface area contributed by atoms with E-state index < -0.39 is 6.61 Å². The van der Waals surface area contributed by atoms with Crippen LogP contribution < -0.4 is 15.0 Å². The molecule has 1 aromatic heterocycles. The van der Waals surface area contributed by atoms with Crippen LogP contribution in [0, 0.1) is 5.92 Å². The van der Waals surface area contributed by atoms with Crippen LogP contribution in [-0.4, -0.2) is 41.4 Å². The Hall–Kier alpha value is -2.48. The minimum atomic E-state index is -2.84. The van der Waals surface area contributed by atoms with E-state index in [0.717, 1.165) is 37.3 Å². The van der Waals surface area contributed by atoms with Crippen molar-refractivity contribution in [2.45, 2.75) is 26.0 Å². The van der Waals surface area contributed by atoms with Crippen molar-refractivity contribution in [2.75, 3.05) is 29.9 Å². The molecule has 1 saturated heterocycles. The average Bonchev–Trinajstić information content (AvgIpc) is 2.66. The molecule has 0 aliphatic carbocycles. The van der Waals surface area contributed by atoms with Crippen LogP contribution in [-0.2, 0) is 6.54 Å². The summed E-state index contributed by atoms with van der Waals surface area (Å²) in [5, 5.41) is 12.5. The van der Waals surface area contributed by atoms with Crippen LogP contribution in [0.4, 0.5) is 20.4 Å². The van der Waals surface area contributed by atoms with Crippen molar-refractivity contribution in [2.24, 2.45) is 5.92 Å². The highest BCUT2D eigenvalue weighted by Gasteiger charge is 2.20. The first kappa shape index (κ1) is 18.3. The van der Waals surface area contributed by atoms with E-state index in [9.17, 15) is 13.9 Å². The van der Waals surface area contributed by atoms with Gasteiger partial charge in [0.2, 0.25) is 0 Å². The second-order valence-electron chi connectivity index (χ2n) is 6.28. The third kappa shape index (κ3) is 5.01. The highest BCUT2D eigenvalue weighted by molar-refractivity contribution is 5.49. The number of aliphatic hydroxyl groups is 1. The van der Waals surface area contributed by atoms with Gasteiger partial charge in [0.25, 0.3) is 0 Å². The Bertz CT molecular complexity index is 717. The maximum absolute atomic E-state index is 12.3. The number of nitrogens with zero attached hydrogens (tertiary/aromatic N) is 3. The van der Waals surface area contributed by atoms with Crippen molar-refractivity contribution >= 4 is 11.6 Å². The van der Waals surface area contributed by atoms with Gasteiger partial charge in [0, 0.05) is 32.3 Å². The third-order valence-electron chi connectivity index (χ3n) is 4.35. The molecule has 0 radical (unpaired) electrons. The van der Waals surface area contributed by atoms with Crippen molar-refractivity contribution in [3.63, 3.8) is 0 Å². The maximum atomic E-state index is 12.3. The monoisotopic (exact) mass is 364 g/mol. The van der Waals surface area contributed by atoms with Gasteiger partial charge in [-0.05, 0) is 36.5 Å². The fraction of sp³-hybridized carbons (Fsp3) is 0.444. The number of piperidine rings is 1. The molecule has 0 saturated carbocycles. The molecule has 1 fully saturated rings. The van der Waals surface area contributed by atoms with Gasteiger partial charge in [0.05, 0.1) is 0 Å². The summed E-state index contributed by atoms with van der Waals surface area (Å²) >= 11 is 0. The Morgan fingerprint density at radius 2 is 2.19 bits per heavy atom. The van der Waals surface area contributed by atoms with Gasteiger partial charge >= 0.3 is 6.61 Å². The minimum Gasteiger partial charge on any atom is -0.435 e. The molecule has 26 heavy (non-hydrogen) atoms. The quantitative estimate of drug-likeness (QED) is 0.787. The van der Waals surface area contributed by atoms with Crippen molar-refractivity contribution in [1.29, 1.82) is 0 Å². The largest absolute Gasteiger partial charge is 0.435 e. The van der Waals surface area contributed by atoms with E-state index in [4.69, 9.17) is 0 Å². The summed E-state index contributed by atoms with van der Waals surface area (Å²) in [6.07, 6.45) is 3.55. The Labute approximate surface area is 150 Å². The van der Waals surface area contributed by atoms with Crippen LogP contribution in [0.5, 0.6) is 5.75 Å². The van der Waals surface area contributed by atoms with Gasteiger partial charge in [-0.1, -0.05) is 12.1 Å². The summed E-state index contributed by atoms with van der Waals surface area (Å²) in [4.78, 5) is 10.7. The van der Waals surface area contributed by atoms with Gasteiger partial charge in [-0.2, -0.15) is 8.78 Å². The van der Waals surface area contributed by atoms with Gasteiger partial charge in [-0.15, -0.1) is 0 Å². The molecule has 140 valence electrons. The number of aliphatic hydroxyl groups excluding tert-OH is 1. The van der Waals surface area contributed by atoms with Gasteiger partial charge < -0.3 is 20.1 Å². The summed E-state index contributed by atoms with van der Waals surface area (Å²) < 4.78 is 29.0. The van der Waals surface area contributed by atoms with E-state index in [2.05, 4.69) is 24.9 Å². The summed E-state index contributed by atoms with van der Waals surface area (Å²) in [5.74, 6) is 1.87. The van der Waals surface area contributed by atoms with E-state index in [1.165, 1.54) is 12.4 Å². The second-order valence-corrected chi connectivity index (χ2v) is 6.28. The molecule has 6 nitrogen and oxygen atoms in total. The molecule has 0 bridgehead atoms. The van der Waals surface area contributed by atoms with Crippen LogP contribution >= 0.6 is 0 Å². The van der Waals surface area contributed by atoms with Gasteiger partial charge in [-0.3, -0.25) is 0 Å². The van der Waals surface area contributed by atoms with Gasteiger partial charge in [0.15, 0.2) is 0 Å². The van der Waals surface area contributed by atoms with Crippen molar-refractivity contribution in [1.82, 2.24) is 9.97 Å². The molecule has 2 heterocycles. The summed E-state index contributed by atoms with van der Waals surface area (Å²) in [5.41, 5.74) is 0.807. The standard InChI is InChI=1S/C18H22F2N4O2/c19-18(20)26-15-5-1-3-13(7-15)9-21-16-8-17(23-12-22-16)24-6-2-4-14(10-24)11-25/h1,3,5,7-8,12,14,18,25H,2,4,6,9-11H2,(H,21,22,23). The minimum absolute atomic E-state index is 0.131. The lowest BCUT2D eigenvalue weighted by atomic mass is 9.99. The van der Waals surface area contributed by atoms with E-state index in [-0.39, 0.29) is 18.3 Å². The number of alkyl halides is 2. The van der Waals surface area contributed by atoms with Gasteiger partial charge in [-0.25, -0.2) is 9.97 Å². The van der Waals surface area contributed by atoms with Crippen LogP contribution in [0.3, 0.4) is 0 Å². The Balaban J connectivity index is 1.62. The number of benzene rings is 1. The van der Waals surface area contributed by atoms with Gasteiger partial charge in [0.1, 0.15) is 23.7 Å². The first-order valence-electron chi connectivity index (χ1n) is 8.59. The Morgan fingerprint density at radius 1 is 1.31 bits per heavy atom. The molecule has 0 spiro atoms. The number of hydrogen-bond donors (Lipinski definition) is 2. The molecule has 1 unspecified atom stereocenters.